The van der Waals surface area contributed by atoms with Gasteiger partial charge in [0.1, 0.15) is 5.54 Å². The molecule has 0 atom stereocenters. The summed E-state index contributed by atoms with van der Waals surface area (Å²) in [6, 6.07) is 0. The van der Waals surface area contributed by atoms with Crippen molar-refractivity contribution in [2.45, 2.75) is 38.1 Å². The minimum atomic E-state index is -0.880. The number of carbonyl (C=O) groups excluding carboxylic acids is 2. The highest BCUT2D eigenvalue weighted by molar-refractivity contribution is 6.01. The molecule has 0 bridgehead atoms. The van der Waals surface area contributed by atoms with Crippen molar-refractivity contribution in [3.05, 3.63) is 11.4 Å². The van der Waals surface area contributed by atoms with Gasteiger partial charge in [-0.05, 0) is 26.7 Å². The molecule has 1 aromatic rings. The summed E-state index contributed by atoms with van der Waals surface area (Å²) in [5.41, 5.74) is 6.72. The summed E-state index contributed by atoms with van der Waals surface area (Å²) in [5, 5.41) is 6.98. The molecule has 21 heavy (non-hydrogen) atoms. The van der Waals surface area contributed by atoms with Crippen molar-refractivity contribution in [2.24, 2.45) is 0 Å². The molecule has 1 aliphatic heterocycles. The van der Waals surface area contributed by atoms with E-state index in [1.165, 1.54) is 0 Å². The van der Waals surface area contributed by atoms with E-state index in [9.17, 15) is 9.59 Å². The molecule has 7 nitrogen and oxygen atoms in total. The van der Waals surface area contributed by atoms with Gasteiger partial charge < -0.3 is 15.5 Å². The summed E-state index contributed by atoms with van der Waals surface area (Å²) in [7, 11) is 1.75. The Morgan fingerprint density at radius 3 is 2.67 bits per heavy atom. The zero-order chi connectivity index (χ0) is 15.4. The summed E-state index contributed by atoms with van der Waals surface area (Å²) < 4.78 is 0. The van der Waals surface area contributed by atoms with Crippen LogP contribution in [-0.2, 0) is 4.79 Å². The van der Waals surface area contributed by atoms with Gasteiger partial charge in [-0.3, -0.25) is 14.7 Å². The Kier molecular flexibility index (Phi) is 2.96. The summed E-state index contributed by atoms with van der Waals surface area (Å²) in [4.78, 5) is 28.2. The number of aromatic amines is 1. The van der Waals surface area contributed by atoms with E-state index >= 15 is 0 Å². The molecular weight excluding hydrogens is 270 g/mol. The molecule has 0 unspecified atom stereocenters. The third-order valence-corrected chi connectivity index (χ3v) is 4.47. The number of rotatable bonds is 2. The first kappa shape index (κ1) is 13.9. The normalized spacial score (nSPS) is 21.8. The number of nitrogen functional groups attached to an aromatic ring is 1. The second-order valence-corrected chi connectivity index (χ2v) is 6.42. The Hall–Kier alpha value is -2.05. The van der Waals surface area contributed by atoms with Gasteiger partial charge in [0, 0.05) is 26.1 Å². The van der Waals surface area contributed by atoms with Crippen molar-refractivity contribution in [3.63, 3.8) is 0 Å². The van der Waals surface area contributed by atoms with Crippen LogP contribution in [0.4, 0.5) is 5.69 Å². The molecule has 2 heterocycles. The Morgan fingerprint density at radius 2 is 2.05 bits per heavy atom. The van der Waals surface area contributed by atoms with E-state index in [0.717, 1.165) is 18.5 Å². The molecule has 2 amide bonds. The number of anilines is 1. The minimum absolute atomic E-state index is 0.0707. The molecule has 0 aromatic carbocycles. The number of aromatic nitrogens is 2. The number of amides is 2. The van der Waals surface area contributed by atoms with Crippen molar-refractivity contribution in [1.29, 1.82) is 0 Å². The number of likely N-dealkylation sites (N-methyl/N-ethyl adjacent to an activating group) is 1. The monoisotopic (exact) mass is 291 g/mol. The highest BCUT2D eigenvalue weighted by Crippen LogP contribution is 2.42. The predicted octanol–water partition coefficient (Wildman–Crippen LogP) is 0.562. The van der Waals surface area contributed by atoms with Crippen LogP contribution in [0.15, 0.2) is 0 Å². The fourth-order valence-electron chi connectivity index (χ4n) is 2.91. The lowest BCUT2D eigenvalue weighted by Crippen LogP contribution is -2.63. The molecule has 7 heteroatoms. The molecule has 1 aromatic heterocycles. The van der Waals surface area contributed by atoms with E-state index in [-0.39, 0.29) is 17.5 Å². The zero-order valence-electron chi connectivity index (χ0n) is 12.6. The largest absolute Gasteiger partial charge is 0.395 e. The number of hydrogen-bond acceptors (Lipinski definition) is 4. The summed E-state index contributed by atoms with van der Waals surface area (Å²) in [6.45, 7) is 4.52. The second kappa shape index (κ2) is 4.47. The lowest BCUT2D eigenvalue weighted by atomic mass is 9.97. The summed E-state index contributed by atoms with van der Waals surface area (Å²) >= 11 is 0. The zero-order valence-corrected chi connectivity index (χ0v) is 12.6. The second-order valence-electron chi connectivity index (χ2n) is 6.42. The van der Waals surface area contributed by atoms with Gasteiger partial charge in [-0.25, -0.2) is 0 Å². The van der Waals surface area contributed by atoms with Crippen LogP contribution in [-0.4, -0.2) is 57.5 Å². The van der Waals surface area contributed by atoms with Crippen LogP contribution in [0.1, 0.15) is 48.8 Å². The predicted molar refractivity (Wildman–Crippen MR) is 77.7 cm³/mol. The molecule has 0 radical (unpaired) electrons. The first-order valence-electron chi connectivity index (χ1n) is 7.25. The number of H-pyrrole nitrogens is 1. The Morgan fingerprint density at radius 1 is 1.38 bits per heavy atom. The van der Waals surface area contributed by atoms with Gasteiger partial charge in [-0.1, -0.05) is 0 Å². The van der Waals surface area contributed by atoms with Gasteiger partial charge in [0.25, 0.3) is 5.91 Å². The molecular formula is C14H21N5O2. The first-order valence-corrected chi connectivity index (χ1v) is 7.25. The molecule has 114 valence electrons. The van der Waals surface area contributed by atoms with Crippen molar-refractivity contribution in [2.75, 3.05) is 25.9 Å². The number of piperazine rings is 1. The number of carbonyl (C=O) groups is 2. The molecule has 2 aliphatic rings. The molecule has 0 spiro atoms. The average Bonchev–Trinajstić information content (AvgIpc) is 3.19. The van der Waals surface area contributed by atoms with Crippen LogP contribution >= 0.6 is 0 Å². The van der Waals surface area contributed by atoms with E-state index in [0.29, 0.717) is 24.7 Å². The Balaban J connectivity index is 1.89. The van der Waals surface area contributed by atoms with Gasteiger partial charge in [0.15, 0.2) is 5.69 Å². The van der Waals surface area contributed by atoms with Crippen LogP contribution in [0.3, 0.4) is 0 Å². The van der Waals surface area contributed by atoms with Gasteiger partial charge >= 0.3 is 0 Å². The minimum Gasteiger partial charge on any atom is -0.395 e. The fourth-order valence-corrected chi connectivity index (χ4v) is 2.91. The smallest absolute Gasteiger partial charge is 0.277 e. The van der Waals surface area contributed by atoms with Crippen LogP contribution < -0.4 is 5.73 Å². The highest BCUT2D eigenvalue weighted by Gasteiger charge is 2.44. The maximum absolute atomic E-state index is 12.7. The number of nitrogens with two attached hydrogens (primary N) is 1. The van der Waals surface area contributed by atoms with E-state index < -0.39 is 5.54 Å². The topological polar surface area (TPSA) is 95.3 Å². The number of nitrogens with zero attached hydrogens (tertiary/aromatic N) is 3. The van der Waals surface area contributed by atoms with Crippen molar-refractivity contribution in [3.8, 4) is 0 Å². The maximum atomic E-state index is 12.7. The van der Waals surface area contributed by atoms with Crippen LogP contribution in [0, 0.1) is 0 Å². The lowest BCUT2D eigenvalue weighted by Gasteiger charge is -2.44. The van der Waals surface area contributed by atoms with E-state index in [2.05, 4.69) is 10.2 Å². The summed E-state index contributed by atoms with van der Waals surface area (Å²) in [5.74, 6) is 0.0573. The molecule has 3 N–H and O–H groups in total. The van der Waals surface area contributed by atoms with Crippen LogP contribution in [0.5, 0.6) is 0 Å². The number of nitrogens with one attached hydrogen (secondary N) is 1. The fraction of sp³-hybridized carbons (Fsp3) is 0.643. The van der Waals surface area contributed by atoms with Crippen LogP contribution in [0.25, 0.3) is 0 Å². The lowest BCUT2D eigenvalue weighted by molar-refractivity contribution is -0.144. The molecule has 2 fully saturated rings. The van der Waals surface area contributed by atoms with Crippen molar-refractivity contribution < 1.29 is 9.59 Å². The SMILES string of the molecule is CN1CCN(C(=O)c2n[nH]c(C3CC3)c2N)C(C)(C)C1=O. The third kappa shape index (κ3) is 2.07. The molecule has 1 saturated carbocycles. The van der Waals surface area contributed by atoms with Crippen molar-refractivity contribution >= 4 is 17.5 Å². The van der Waals surface area contributed by atoms with Crippen LogP contribution in [0.2, 0.25) is 0 Å². The highest BCUT2D eigenvalue weighted by atomic mass is 16.2. The van der Waals surface area contributed by atoms with E-state index in [1.807, 2.05) is 0 Å². The van der Waals surface area contributed by atoms with Crippen molar-refractivity contribution in [1.82, 2.24) is 20.0 Å². The summed E-state index contributed by atoms with van der Waals surface area (Å²) in [6.07, 6.45) is 2.16. The third-order valence-electron chi connectivity index (χ3n) is 4.47. The standard InChI is InChI=1S/C14H21N5O2/c1-14(2)13(21)18(3)6-7-19(14)12(20)11-9(15)10(16-17-11)8-4-5-8/h8H,4-7,15H2,1-3H3,(H,16,17). The van der Waals surface area contributed by atoms with E-state index in [4.69, 9.17) is 5.73 Å². The van der Waals surface area contributed by atoms with Gasteiger partial charge in [-0.15, -0.1) is 0 Å². The average molecular weight is 291 g/mol. The van der Waals surface area contributed by atoms with Gasteiger partial charge in [0.05, 0.1) is 11.4 Å². The maximum Gasteiger partial charge on any atom is 0.277 e. The van der Waals surface area contributed by atoms with Gasteiger partial charge in [-0.2, -0.15) is 5.10 Å². The quantitative estimate of drug-likeness (QED) is 0.832. The molecule has 1 saturated heterocycles. The molecule has 1 aliphatic carbocycles. The number of hydrogen-bond donors (Lipinski definition) is 2. The first-order chi connectivity index (χ1) is 9.84. The van der Waals surface area contributed by atoms with E-state index in [1.54, 1.807) is 30.7 Å². The van der Waals surface area contributed by atoms with Gasteiger partial charge in [0.2, 0.25) is 5.91 Å². The molecule has 3 rings (SSSR count). The Bertz CT molecular complexity index is 603. The Labute approximate surface area is 123 Å².